The molecule has 2 aromatic carbocycles. The van der Waals surface area contributed by atoms with Crippen LogP contribution < -0.4 is 10.2 Å². The van der Waals surface area contributed by atoms with Crippen molar-refractivity contribution in [3.8, 4) is 0 Å². The molecule has 0 aliphatic rings. The molecule has 3 aromatic rings. The molecule has 0 atom stereocenters. The second-order valence-electron chi connectivity index (χ2n) is 6.02. The van der Waals surface area contributed by atoms with Crippen LogP contribution in [0.4, 0.5) is 11.4 Å². The first-order valence-corrected chi connectivity index (χ1v) is 8.84. The molecular weight excluding hydrogens is 334 g/mol. The Bertz CT molecular complexity index is 912. The lowest BCUT2D eigenvalue weighted by Crippen LogP contribution is -2.22. The van der Waals surface area contributed by atoms with Crippen LogP contribution in [-0.2, 0) is 0 Å². The van der Waals surface area contributed by atoms with E-state index in [0.717, 1.165) is 35.2 Å². The van der Waals surface area contributed by atoms with Gasteiger partial charge in [-0.1, -0.05) is 11.6 Å². The van der Waals surface area contributed by atoms with Crippen LogP contribution in [0.15, 0.2) is 42.6 Å². The minimum absolute atomic E-state index is 0.146. The van der Waals surface area contributed by atoms with Gasteiger partial charge in [0.2, 0.25) is 0 Å². The number of H-pyrrole nitrogens is 1. The number of anilines is 2. The van der Waals surface area contributed by atoms with E-state index >= 15 is 0 Å². The van der Waals surface area contributed by atoms with Crippen molar-refractivity contribution in [1.82, 2.24) is 4.98 Å². The topological polar surface area (TPSA) is 48.1 Å². The van der Waals surface area contributed by atoms with Crippen LogP contribution in [0.25, 0.3) is 10.9 Å². The Morgan fingerprint density at radius 2 is 1.92 bits per heavy atom. The number of halogens is 1. The Kier molecular flexibility index (Phi) is 5.00. The molecule has 1 heterocycles. The van der Waals surface area contributed by atoms with Gasteiger partial charge in [0, 0.05) is 46.6 Å². The molecule has 0 radical (unpaired) electrons. The highest BCUT2D eigenvalue weighted by molar-refractivity contribution is 6.31. The fraction of sp³-hybridized carbons (Fsp3) is 0.250. The second kappa shape index (κ2) is 7.19. The highest BCUT2D eigenvalue weighted by atomic mass is 35.5. The SMILES string of the molecule is CCN(CC)c1ccc(NC(=O)c2c[nH]c3ccc(Cl)cc23)c(C)c1. The minimum atomic E-state index is -0.146. The van der Waals surface area contributed by atoms with Crippen LogP contribution >= 0.6 is 11.6 Å². The number of aromatic amines is 1. The molecule has 130 valence electrons. The van der Waals surface area contributed by atoms with E-state index in [-0.39, 0.29) is 5.91 Å². The predicted molar refractivity (Wildman–Crippen MR) is 106 cm³/mol. The van der Waals surface area contributed by atoms with Crippen molar-refractivity contribution >= 4 is 39.8 Å². The van der Waals surface area contributed by atoms with E-state index in [2.05, 4.69) is 35.1 Å². The zero-order valence-electron chi connectivity index (χ0n) is 14.7. The van der Waals surface area contributed by atoms with Gasteiger partial charge < -0.3 is 15.2 Å². The summed E-state index contributed by atoms with van der Waals surface area (Å²) in [5.41, 5.74) is 4.50. The summed E-state index contributed by atoms with van der Waals surface area (Å²) >= 11 is 6.06. The number of hydrogen-bond donors (Lipinski definition) is 2. The van der Waals surface area contributed by atoms with Crippen LogP contribution in [0.5, 0.6) is 0 Å². The molecule has 0 aliphatic carbocycles. The van der Waals surface area contributed by atoms with Crippen molar-refractivity contribution in [1.29, 1.82) is 0 Å². The number of carbonyl (C=O) groups excluding carboxylic acids is 1. The summed E-state index contributed by atoms with van der Waals surface area (Å²) < 4.78 is 0. The fourth-order valence-corrected chi connectivity index (χ4v) is 3.22. The molecule has 4 nitrogen and oxygen atoms in total. The molecule has 1 aromatic heterocycles. The number of amides is 1. The standard InChI is InChI=1S/C20H22ClN3O/c1-4-24(5-2)15-7-9-18(13(3)10-15)23-20(25)17-12-22-19-8-6-14(21)11-16(17)19/h6-12,22H,4-5H2,1-3H3,(H,23,25). The number of hydrogen-bond acceptors (Lipinski definition) is 2. The van der Waals surface area contributed by atoms with Crippen LogP contribution in [0, 0.1) is 6.92 Å². The summed E-state index contributed by atoms with van der Waals surface area (Å²) in [6.07, 6.45) is 1.72. The summed E-state index contributed by atoms with van der Waals surface area (Å²) in [6.45, 7) is 8.19. The lowest BCUT2D eigenvalue weighted by atomic mass is 10.1. The van der Waals surface area contributed by atoms with Crippen LogP contribution in [-0.4, -0.2) is 24.0 Å². The number of carbonyl (C=O) groups is 1. The summed E-state index contributed by atoms with van der Waals surface area (Å²) in [4.78, 5) is 18.1. The molecule has 0 fully saturated rings. The lowest BCUT2D eigenvalue weighted by Gasteiger charge is -2.22. The number of nitrogens with one attached hydrogen (secondary N) is 2. The van der Waals surface area contributed by atoms with E-state index in [9.17, 15) is 4.79 Å². The third-order valence-corrected chi connectivity index (χ3v) is 4.71. The Morgan fingerprint density at radius 3 is 2.60 bits per heavy atom. The zero-order chi connectivity index (χ0) is 18.0. The molecule has 25 heavy (non-hydrogen) atoms. The van der Waals surface area contributed by atoms with Gasteiger partial charge in [-0.05, 0) is 62.7 Å². The fourth-order valence-electron chi connectivity index (χ4n) is 3.04. The predicted octanol–water partition coefficient (Wildman–Crippen LogP) is 5.23. The van der Waals surface area contributed by atoms with Crippen LogP contribution in [0.3, 0.4) is 0 Å². The maximum atomic E-state index is 12.7. The van der Waals surface area contributed by atoms with E-state index in [1.807, 2.05) is 25.1 Å². The van der Waals surface area contributed by atoms with E-state index in [0.29, 0.717) is 10.6 Å². The molecule has 0 aliphatic heterocycles. The van der Waals surface area contributed by atoms with E-state index in [4.69, 9.17) is 11.6 Å². The van der Waals surface area contributed by atoms with Crippen molar-refractivity contribution in [3.63, 3.8) is 0 Å². The molecule has 0 spiro atoms. The highest BCUT2D eigenvalue weighted by Crippen LogP contribution is 2.26. The zero-order valence-corrected chi connectivity index (χ0v) is 15.4. The van der Waals surface area contributed by atoms with Crippen molar-refractivity contribution in [3.05, 3.63) is 58.7 Å². The third kappa shape index (κ3) is 3.49. The van der Waals surface area contributed by atoms with Crippen LogP contribution in [0.2, 0.25) is 5.02 Å². The summed E-state index contributed by atoms with van der Waals surface area (Å²) in [5, 5.41) is 4.44. The van der Waals surface area contributed by atoms with E-state index < -0.39 is 0 Å². The maximum absolute atomic E-state index is 12.7. The molecule has 0 unspecified atom stereocenters. The normalized spacial score (nSPS) is 10.9. The first-order chi connectivity index (χ1) is 12.0. The Labute approximate surface area is 152 Å². The van der Waals surface area contributed by atoms with Crippen molar-refractivity contribution in [2.75, 3.05) is 23.3 Å². The molecular formula is C20H22ClN3O. The van der Waals surface area contributed by atoms with Gasteiger partial charge in [-0.15, -0.1) is 0 Å². The Morgan fingerprint density at radius 1 is 1.16 bits per heavy atom. The van der Waals surface area contributed by atoms with Gasteiger partial charge in [-0.25, -0.2) is 0 Å². The first-order valence-electron chi connectivity index (χ1n) is 8.47. The molecule has 0 saturated carbocycles. The number of aryl methyl sites for hydroxylation is 1. The number of aromatic nitrogens is 1. The van der Waals surface area contributed by atoms with Gasteiger partial charge >= 0.3 is 0 Å². The number of rotatable bonds is 5. The van der Waals surface area contributed by atoms with Crippen molar-refractivity contribution in [2.24, 2.45) is 0 Å². The van der Waals surface area contributed by atoms with Crippen molar-refractivity contribution < 1.29 is 4.79 Å². The molecule has 0 bridgehead atoms. The average molecular weight is 356 g/mol. The Balaban J connectivity index is 1.86. The van der Waals surface area contributed by atoms with Gasteiger partial charge in [-0.3, -0.25) is 4.79 Å². The van der Waals surface area contributed by atoms with Gasteiger partial charge in [0.1, 0.15) is 0 Å². The molecule has 5 heteroatoms. The summed E-state index contributed by atoms with van der Waals surface area (Å²) in [5.74, 6) is -0.146. The lowest BCUT2D eigenvalue weighted by molar-refractivity contribution is 0.102. The largest absolute Gasteiger partial charge is 0.372 e. The van der Waals surface area contributed by atoms with Gasteiger partial charge in [0.05, 0.1) is 5.56 Å². The number of nitrogens with zero attached hydrogens (tertiary/aromatic N) is 1. The molecule has 3 rings (SSSR count). The first kappa shape index (κ1) is 17.4. The minimum Gasteiger partial charge on any atom is -0.372 e. The second-order valence-corrected chi connectivity index (χ2v) is 6.45. The number of fused-ring (bicyclic) bond motifs is 1. The van der Waals surface area contributed by atoms with Gasteiger partial charge in [-0.2, -0.15) is 0 Å². The Hall–Kier alpha value is -2.46. The van der Waals surface area contributed by atoms with Gasteiger partial charge in [0.25, 0.3) is 5.91 Å². The smallest absolute Gasteiger partial charge is 0.257 e. The number of benzene rings is 2. The highest BCUT2D eigenvalue weighted by Gasteiger charge is 2.14. The van der Waals surface area contributed by atoms with E-state index in [1.165, 1.54) is 5.69 Å². The van der Waals surface area contributed by atoms with Gasteiger partial charge in [0.15, 0.2) is 0 Å². The quantitative estimate of drug-likeness (QED) is 0.658. The van der Waals surface area contributed by atoms with E-state index in [1.54, 1.807) is 18.3 Å². The summed E-state index contributed by atoms with van der Waals surface area (Å²) in [6, 6.07) is 11.6. The maximum Gasteiger partial charge on any atom is 0.257 e. The monoisotopic (exact) mass is 355 g/mol. The molecule has 2 N–H and O–H groups in total. The summed E-state index contributed by atoms with van der Waals surface area (Å²) in [7, 11) is 0. The molecule has 0 saturated heterocycles. The average Bonchev–Trinajstić information content (AvgIpc) is 3.01. The van der Waals surface area contributed by atoms with Crippen molar-refractivity contribution in [2.45, 2.75) is 20.8 Å². The molecule has 1 amide bonds. The third-order valence-electron chi connectivity index (χ3n) is 4.48. The van der Waals surface area contributed by atoms with Crippen LogP contribution in [0.1, 0.15) is 29.8 Å².